The molecule has 0 rings (SSSR count). The summed E-state index contributed by atoms with van der Waals surface area (Å²) < 4.78 is 0.373. The van der Waals surface area contributed by atoms with Gasteiger partial charge in [0.15, 0.2) is 0 Å². The van der Waals surface area contributed by atoms with Crippen molar-refractivity contribution in [3.8, 4) is 0 Å². The van der Waals surface area contributed by atoms with E-state index in [1.165, 1.54) is 0 Å². The van der Waals surface area contributed by atoms with Crippen molar-refractivity contribution in [2.45, 2.75) is 3.74 Å². The zero-order chi connectivity index (χ0) is 4.28. The first-order chi connectivity index (χ1) is 2.27. The van der Waals surface area contributed by atoms with Crippen LogP contribution in [0.2, 0.25) is 0 Å². The maximum atomic E-state index is 3.92. The largest absolute Gasteiger partial charge is 0.177 e. The van der Waals surface area contributed by atoms with E-state index in [4.69, 9.17) is 0 Å². The van der Waals surface area contributed by atoms with Crippen molar-refractivity contribution >= 4 is 44.5 Å². The van der Waals surface area contributed by atoms with Crippen molar-refractivity contribution in [1.82, 2.24) is 0 Å². The van der Waals surface area contributed by atoms with Gasteiger partial charge in [0.25, 0.3) is 0 Å². The van der Waals surface area contributed by atoms with Gasteiger partial charge in [-0.3, -0.25) is 0 Å². The van der Waals surface area contributed by atoms with Crippen LogP contribution in [0.15, 0.2) is 0 Å². The quantitative estimate of drug-likeness (QED) is 0.507. The molecule has 0 heterocycles. The fourth-order valence-electron chi connectivity index (χ4n) is 0. The second kappa shape index (κ2) is 3.50. The maximum Gasteiger partial charge on any atom is 0.0785 e. The number of halogens is 2. The van der Waals surface area contributed by atoms with Gasteiger partial charge in [-0.2, -0.15) is 12.6 Å². The van der Waals surface area contributed by atoms with Crippen molar-refractivity contribution in [3.63, 3.8) is 0 Å². The van der Waals surface area contributed by atoms with Crippen LogP contribution in [0.5, 0.6) is 0 Å². The van der Waals surface area contributed by atoms with Crippen LogP contribution >= 0.6 is 44.5 Å². The van der Waals surface area contributed by atoms with Crippen LogP contribution in [0.4, 0.5) is 0 Å². The lowest BCUT2D eigenvalue weighted by Crippen LogP contribution is -1.80. The molecular formula is C2H4Br2S. The van der Waals surface area contributed by atoms with Crippen molar-refractivity contribution in [3.05, 3.63) is 0 Å². The molecule has 0 unspecified atom stereocenters. The standard InChI is InChI=1S/C2H4Br2S/c3-2(4)1-5/h2,5H,1H2. The van der Waals surface area contributed by atoms with Gasteiger partial charge >= 0.3 is 0 Å². The minimum Gasteiger partial charge on any atom is -0.177 e. The third kappa shape index (κ3) is 5.31. The molecule has 0 saturated carbocycles. The van der Waals surface area contributed by atoms with E-state index in [2.05, 4.69) is 44.5 Å². The molecule has 0 saturated heterocycles. The van der Waals surface area contributed by atoms with Gasteiger partial charge in [0.2, 0.25) is 0 Å². The Morgan fingerprint density at radius 2 is 1.80 bits per heavy atom. The van der Waals surface area contributed by atoms with Crippen molar-refractivity contribution in [2.75, 3.05) is 5.75 Å². The first-order valence-corrected chi connectivity index (χ1v) is 3.62. The van der Waals surface area contributed by atoms with Gasteiger partial charge in [0.1, 0.15) is 0 Å². The van der Waals surface area contributed by atoms with Crippen LogP contribution in [0.25, 0.3) is 0 Å². The summed E-state index contributed by atoms with van der Waals surface area (Å²) in [6.07, 6.45) is 0. The van der Waals surface area contributed by atoms with E-state index in [1.54, 1.807) is 0 Å². The van der Waals surface area contributed by atoms with Gasteiger partial charge in [0, 0.05) is 5.75 Å². The molecule has 0 aromatic rings. The minimum absolute atomic E-state index is 0.373. The highest BCUT2D eigenvalue weighted by atomic mass is 79.9. The van der Waals surface area contributed by atoms with Crippen LogP contribution in [-0.2, 0) is 0 Å². The smallest absolute Gasteiger partial charge is 0.0785 e. The van der Waals surface area contributed by atoms with Gasteiger partial charge in [-0.05, 0) is 0 Å². The number of rotatable bonds is 1. The van der Waals surface area contributed by atoms with E-state index in [1.807, 2.05) is 0 Å². The molecule has 0 aromatic heterocycles. The molecule has 5 heavy (non-hydrogen) atoms. The number of alkyl halides is 2. The molecule has 32 valence electrons. The van der Waals surface area contributed by atoms with E-state index in [9.17, 15) is 0 Å². The summed E-state index contributed by atoms with van der Waals surface area (Å²) in [5, 5.41) is 0. The Kier molecular flexibility index (Phi) is 4.41. The number of thiol groups is 1. The molecule has 0 aromatic carbocycles. The summed E-state index contributed by atoms with van der Waals surface area (Å²) in [6, 6.07) is 0. The zero-order valence-electron chi connectivity index (χ0n) is 2.49. The molecule has 3 heteroatoms. The van der Waals surface area contributed by atoms with Crippen LogP contribution in [0.1, 0.15) is 0 Å². The SMILES string of the molecule is SCC(Br)Br. The first-order valence-electron chi connectivity index (χ1n) is 1.16. The number of hydrogen-bond acceptors (Lipinski definition) is 1. The van der Waals surface area contributed by atoms with Crippen LogP contribution in [-0.4, -0.2) is 9.49 Å². The summed E-state index contributed by atoms with van der Waals surface area (Å²) in [5.74, 6) is 0.833. The van der Waals surface area contributed by atoms with E-state index >= 15 is 0 Å². The second-order valence-corrected chi connectivity index (χ2v) is 4.38. The molecule has 0 N–H and O–H groups in total. The average molecular weight is 220 g/mol. The molecule has 0 bridgehead atoms. The summed E-state index contributed by atoms with van der Waals surface area (Å²) >= 11 is 10.3. The minimum atomic E-state index is 0.373. The molecule has 0 amide bonds. The third-order valence-corrected chi connectivity index (χ3v) is 2.15. The van der Waals surface area contributed by atoms with Crippen molar-refractivity contribution < 1.29 is 0 Å². The molecule has 0 nitrogen and oxygen atoms in total. The van der Waals surface area contributed by atoms with Crippen LogP contribution in [0.3, 0.4) is 0 Å². The van der Waals surface area contributed by atoms with Crippen molar-refractivity contribution in [1.29, 1.82) is 0 Å². The predicted molar refractivity (Wildman–Crippen MR) is 35.5 cm³/mol. The maximum absolute atomic E-state index is 3.92. The molecule has 0 radical (unpaired) electrons. The normalized spacial score (nSPS) is 9.60. The fourth-order valence-corrected chi connectivity index (χ4v) is 0. The number of hydrogen-bond donors (Lipinski definition) is 1. The van der Waals surface area contributed by atoms with Crippen molar-refractivity contribution in [2.24, 2.45) is 0 Å². The Morgan fingerprint density at radius 3 is 1.80 bits per heavy atom. The van der Waals surface area contributed by atoms with Gasteiger partial charge in [0.05, 0.1) is 3.74 Å². The fraction of sp³-hybridized carbons (Fsp3) is 1.00. The summed E-state index contributed by atoms with van der Waals surface area (Å²) in [6.45, 7) is 0. The van der Waals surface area contributed by atoms with Crippen LogP contribution in [0, 0.1) is 0 Å². The molecule has 0 fully saturated rings. The van der Waals surface area contributed by atoms with Gasteiger partial charge in [-0.15, -0.1) is 0 Å². The molecule has 0 aliphatic rings. The highest BCUT2D eigenvalue weighted by Gasteiger charge is 1.86. The van der Waals surface area contributed by atoms with Crippen LogP contribution < -0.4 is 0 Å². The van der Waals surface area contributed by atoms with Gasteiger partial charge in [-0.1, -0.05) is 31.9 Å². The molecule has 0 aliphatic carbocycles. The van der Waals surface area contributed by atoms with E-state index in [-0.39, 0.29) is 0 Å². The van der Waals surface area contributed by atoms with Gasteiger partial charge in [-0.25, -0.2) is 0 Å². The lowest BCUT2D eigenvalue weighted by atomic mass is 11.0. The molecule has 0 aliphatic heterocycles. The van der Waals surface area contributed by atoms with E-state index in [0.717, 1.165) is 5.75 Å². The Balaban J connectivity index is 2.54. The monoisotopic (exact) mass is 218 g/mol. The average Bonchev–Trinajstić information content (AvgIpc) is 1.38. The third-order valence-electron chi connectivity index (χ3n) is 0.138. The summed E-state index contributed by atoms with van der Waals surface area (Å²) in [7, 11) is 0. The molecular weight excluding hydrogens is 216 g/mol. The molecule has 0 atom stereocenters. The molecule has 0 spiro atoms. The van der Waals surface area contributed by atoms with E-state index < -0.39 is 0 Å². The Labute approximate surface area is 54.0 Å². The Hall–Kier alpha value is 1.31. The lowest BCUT2D eigenvalue weighted by Gasteiger charge is -1.84. The summed E-state index contributed by atoms with van der Waals surface area (Å²) in [4.78, 5) is 0. The predicted octanol–water partition coefficient (Wildman–Crippen LogP) is 2.03. The Morgan fingerprint density at radius 1 is 1.60 bits per heavy atom. The highest BCUT2D eigenvalue weighted by molar-refractivity contribution is 9.24. The zero-order valence-corrected chi connectivity index (χ0v) is 6.55. The highest BCUT2D eigenvalue weighted by Crippen LogP contribution is 2.07. The lowest BCUT2D eigenvalue weighted by molar-refractivity contribution is 1.52. The van der Waals surface area contributed by atoms with E-state index in [0.29, 0.717) is 3.74 Å². The second-order valence-electron chi connectivity index (χ2n) is 0.574. The topological polar surface area (TPSA) is 0 Å². The Bertz CT molecular complexity index is 21.6. The summed E-state index contributed by atoms with van der Waals surface area (Å²) in [5.41, 5.74) is 0. The first kappa shape index (κ1) is 6.31. The van der Waals surface area contributed by atoms with Gasteiger partial charge < -0.3 is 0 Å².